The molecule has 0 saturated carbocycles. The summed E-state index contributed by atoms with van der Waals surface area (Å²) in [6.07, 6.45) is 4.55. The Kier molecular flexibility index (Phi) is 4.74. The molecule has 0 unspecified atom stereocenters. The van der Waals surface area contributed by atoms with Gasteiger partial charge in [0.2, 0.25) is 17.7 Å². The molecule has 1 fully saturated rings. The molecule has 0 spiro atoms. The lowest BCUT2D eigenvalue weighted by molar-refractivity contribution is -0.136. The van der Waals surface area contributed by atoms with Crippen LogP contribution >= 0.6 is 0 Å². The number of hydrogen-bond donors (Lipinski definition) is 1. The molecule has 2 aromatic rings. The summed E-state index contributed by atoms with van der Waals surface area (Å²) < 4.78 is 0. The number of pyridine rings is 1. The Morgan fingerprint density at radius 2 is 2.12 bits per heavy atom. The van der Waals surface area contributed by atoms with Gasteiger partial charge < -0.3 is 15.1 Å². The van der Waals surface area contributed by atoms with E-state index in [0.717, 1.165) is 22.5 Å². The van der Waals surface area contributed by atoms with Gasteiger partial charge in [0.25, 0.3) is 0 Å². The second-order valence-corrected chi connectivity index (χ2v) is 5.66. The lowest BCUT2D eigenvalue weighted by atomic mass is 10.1. The minimum atomic E-state index is -0.414. The molecule has 1 saturated heterocycles. The number of carbonyl (C=O) groups is 3. The van der Waals surface area contributed by atoms with E-state index in [2.05, 4.69) is 16.9 Å². The van der Waals surface area contributed by atoms with Crippen LogP contribution in [-0.4, -0.2) is 53.8 Å². The Balaban J connectivity index is 1.71. The molecule has 1 aliphatic heterocycles. The first-order chi connectivity index (χ1) is 12.1. The predicted molar refractivity (Wildman–Crippen MR) is 93.9 cm³/mol. The zero-order valence-electron chi connectivity index (χ0n) is 13.6. The Morgan fingerprint density at radius 1 is 1.28 bits per heavy atom. The summed E-state index contributed by atoms with van der Waals surface area (Å²) in [7, 11) is 0. The van der Waals surface area contributed by atoms with E-state index in [0.29, 0.717) is 13.1 Å². The van der Waals surface area contributed by atoms with Crippen molar-refractivity contribution in [3.05, 3.63) is 49.3 Å². The number of nitrogens with zero attached hydrogens (tertiary/aromatic N) is 3. The number of benzene rings is 1. The van der Waals surface area contributed by atoms with Gasteiger partial charge in [0.05, 0.1) is 12.2 Å². The summed E-state index contributed by atoms with van der Waals surface area (Å²) in [5.41, 5.74) is 0.817. The number of nitrogens with one attached hydrogen (secondary N) is 1. The molecule has 25 heavy (non-hydrogen) atoms. The molecule has 2 heterocycles. The zero-order valence-corrected chi connectivity index (χ0v) is 13.6. The van der Waals surface area contributed by atoms with E-state index < -0.39 is 5.91 Å². The average molecular weight is 338 g/mol. The highest BCUT2D eigenvalue weighted by Crippen LogP contribution is 2.27. The first-order valence-corrected chi connectivity index (χ1v) is 7.91. The predicted octanol–water partition coefficient (Wildman–Crippen LogP) is 0.712. The molecule has 1 aromatic carbocycles. The van der Waals surface area contributed by atoms with Crippen molar-refractivity contribution in [3.8, 4) is 0 Å². The largest absolute Gasteiger partial charge is 0.343 e. The second kappa shape index (κ2) is 7.12. The van der Waals surface area contributed by atoms with Crippen LogP contribution in [0.3, 0.4) is 0 Å². The molecule has 1 N–H and O–H groups in total. The fourth-order valence-corrected chi connectivity index (χ4v) is 2.83. The molecule has 0 atom stereocenters. The van der Waals surface area contributed by atoms with Gasteiger partial charge in [0, 0.05) is 36.3 Å². The molecule has 1 aliphatic rings. The van der Waals surface area contributed by atoms with Gasteiger partial charge >= 0.3 is 0 Å². The molecule has 0 aliphatic carbocycles. The van der Waals surface area contributed by atoms with E-state index in [1.807, 2.05) is 24.3 Å². The summed E-state index contributed by atoms with van der Waals surface area (Å²) in [5, 5.41) is 4.34. The minimum Gasteiger partial charge on any atom is -0.343 e. The van der Waals surface area contributed by atoms with E-state index in [1.54, 1.807) is 17.3 Å². The summed E-state index contributed by atoms with van der Waals surface area (Å²) in [6, 6.07) is 7.59. The number of rotatable bonds is 4. The fourth-order valence-electron chi connectivity index (χ4n) is 2.83. The normalized spacial score (nSPS) is 14.5. The van der Waals surface area contributed by atoms with Crippen LogP contribution in [0.4, 0.5) is 5.69 Å². The number of hydrogen-bond acceptors (Lipinski definition) is 4. The van der Waals surface area contributed by atoms with Gasteiger partial charge in [-0.25, -0.2) is 0 Å². The van der Waals surface area contributed by atoms with Gasteiger partial charge in [-0.3, -0.25) is 19.4 Å². The van der Waals surface area contributed by atoms with E-state index in [4.69, 9.17) is 0 Å². The van der Waals surface area contributed by atoms with Crippen molar-refractivity contribution in [2.45, 2.75) is 0 Å². The summed E-state index contributed by atoms with van der Waals surface area (Å²) >= 11 is 0. The fraction of sp³-hybridized carbons (Fsp3) is 0.222. The van der Waals surface area contributed by atoms with Gasteiger partial charge in [-0.1, -0.05) is 18.7 Å². The van der Waals surface area contributed by atoms with E-state index in [9.17, 15) is 14.4 Å². The third-order valence-corrected chi connectivity index (χ3v) is 4.12. The van der Waals surface area contributed by atoms with Crippen molar-refractivity contribution in [1.82, 2.24) is 15.2 Å². The summed E-state index contributed by atoms with van der Waals surface area (Å²) in [6.45, 7) is 4.00. The zero-order chi connectivity index (χ0) is 17.8. The maximum Gasteiger partial charge on any atom is 0.246 e. The molecule has 0 bridgehead atoms. The van der Waals surface area contributed by atoms with E-state index >= 15 is 0 Å². The molecule has 7 nitrogen and oxygen atoms in total. The molecular formula is C18H18N4O3. The van der Waals surface area contributed by atoms with Crippen molar-refractivity contribution in [2.24, 2.45) is 0 Å². The number of amides is 3. The molecule has 3 amide bonds. The first kappa shape index (κ1) is 16.6. The van der Waals surface area contributed by atoms with Crippen molar-refractivity contribution < 1.29 is 14.4 Å². The number of piperazine rings is 1. The number of anilines is 1. The SMILES string of the molecule is C=CC(=O)NCC(=O)N1CCN(c2cccc3cnccc23)C(=O)C1. The lowest BCUT2D eigenvalue weighted by Gasteiger charge is -2.34. The number of aromatic nitrogens is 1. The monoisotopic (exact) mass is 338 g/mol. The van der Waals surface area contributed by atoms with Crippen LogP contribution in [0.2, 0.25) is 0 Å². The summed E-state index contributed by atoms with van der Waals surface area (Å²) in [4.78, 5) is 43.1. The highest BCUT2D eigenvalue weighted by atomic mass is 16.2. The van der Waals surface area contributed by atoms with Crippen LogP contribution in [0.5, 0.6) is 0 Å². The lowest BCUT2D eigenvalue weighted by Crippen LogP contribution is -2.54. The van der Waals surface area contributed by atoms with Gasteiger partial charge in [-0.2, -0.15) is 0 Å². The van der Waals surface area contributed by atoms with Crippen LogP contribution < -0.4 is 10.2 Å². The van der Waals surface area contributed by atoms with Crippen LogP contribution in [0, 0.1) is 0 Å². The van der Waals surface area contributed by atoms with Crippen LogP contribution in [0.15, 0.2) is 49.3 Å². The second-order valence-electron chi connectivity index (χ2n) is 5.66. The van der Waals surface area contributed by atoms with Crippen molar-refractivity contribution in [2.75, 3.05) is 31.1 Å². The molecule has 128 valence electrons. The molecule has 1 aromatic heterocycles. The standard InChI is InChI=1S/C18H18N4O3/c1-2-16(23)20-11-17(24)21-8-9-22(18(25)12-21)15-5-3-4-13-10-19-7-6-14(13)15/h2-7,10H,1,8-9,11-12H2,(H,20,23). The Hall–Kier alpha value is -3.22. The van der Waals surface area contributed by atoms with Crippen LogP contribution in [-0.2, 0) is 14.4 Å². The Morgan fingerprint density at radius 3 is 2.88 bits per heavy atom. The molecule has 7 heteroatoms. The topological polar surface area (TPSA) is 82.6 Å². The Bertz CT molecular complexity index is 844. The number of carbonyl (C=O) groups excluding carboxylic acids is 3. The molecule has 3 rings (SSSR count). The summed E-state index contributed by atoms with van der Waals surface area (Å²) in [5.74, 6) is -0.855. The quantitative estimate of drug-likeness (QED) is 0.833. The highest BCUT2D eigenvalue weighted by Gasteiger charge is 2.28. The smallest absolute Gasteiger partial charge is 0.246 e. The van der Waals surface area contributed by atoms with Crippen LogP contribution in [0.25, 0.3) is 10.8 Å². The molecule has 0 radical (unpaired) electrons. The van der Waals surface area contributed by atoms with E-state index in [1.165, 1.54) is 4.90 Å². The van der Waals surface area contributed by atoms with Gasteiger partial charge in [0.15, 0.2) is 0 Å². The number of fused-ring (bicyclic) bond motifs is 1. The highest BCUT2D eigenvalue weighted by molar-refractivity contribution is 6.05. The minimum absolute atomic E-state index is 0.00966. The maximum atomic E-state index is 12.6. The van der Waals surface area contributed by atoms with Gasteiger partial charge in [-0.05, 0) is 18.2 Å². The maximum absolute atomic E-state index is 12.6. The van der Waals surface area contributed by atoms with Crippen LogP contribution in [0.1, 0.15) is 0 Å². The van der Waals surface area contributed by atoms with Crippen molar-refractivity contribution in [1.29, 1.82) is 0 Å². The Labute approximate surface area is 144 Å². The third kappa shape index (κ3) is 3.50. The molecular weight excluding hydrogens is 320 g/mol. The van der Waals surface area contributed by atoms with E-state index in [-0.39, 0.29) is 24.9 Å². The third-order valence-electron chi connectivity index (χ3n) is 4.12. The van der Waals surface area contributed by atoms with Gasteiger partial charge in [0.1, 0.15) is 6.54 Å². The first-order valence-electron chi connectivity index (χ1n) is 7.91. The van der Waals surface area contributed by atoms with Gasteiger partial charge in [-0.15, -0.1) is 0 Å². The average Bonchev–Trinajstić information content (AvgIpc) is 2.65. The van der Waals surface area contributed by atoms with Crippen molar-refractivity contribution in [3.63, 3.8) is 0 Å². The van der Waals surface area contributed by atoms with Crippen molar-refractivity contribution >= 4 is 34.2 Å².